The zero-order chi connectivity index (χ0) is 15.5. The van der Waals surface area contributed by atoms with E-state index in [0.717, 1.165) is 18.1 Å². The Balaban J connectivity index is 2.21. The molecule has 0 fully saturated rings. The second-order valence-electron chi connectivity index (χ2n) is 5.00. The van der Waals surface area contributed by atoms with Gasteiger partial charge in [0, 0.05) is 11.7 Å². The van der Waals surface area contributed by atoms with Crippen molar-refractivity contribution in [1.29, 1.82) is 0 Å². The molecule has 4 heteroatoms. The van der Waals surface area contributed by atoms with Crippen LogP contribution in [0.15, 0.2) is 48.5 Å². The van der Waals surface area contributed by atoms with Gasteiger partial charge in [-0.2, -0.15) is 13.2 Å². The second kappa shape index (κ2) is 6.20. The minimum Gasteiger partial charge on any atom is -0.378 e. The summed E-state index contributed by atoms with van der Waals surface area (Å²) in [7, 11) is 0. The van der Waals surface area contributed by atoms with Gasteiger partial charge in [-0.3, -0.25) is 0 Å². The number of anilines is 1. The fraction of sp³-hybridized carbons (Fsp3) is 0.294. The van der Waals surface area contributed by atoms with Crippen LogP contribution in [0.4, 0.5) is 18.9 Å². The summed E-state index contributed by atoms with van der Waals surface area (Å²) in [6, 6.07) is 13.3. The fourth-order valence-corrected chi connectivity index (χ4v) is 2.21. The Labute approximate surface area is 122 Å². The molecule has 0 amide bonds. The van der Waals surface area contributed by atoms with E-state index in [1.54, 1.807) is 6.07 Å². The van der Waals surface area contributed by atoms with Gasteiger partial charge in [0.05, 0.1) is 5.56 Å². The Hall–Kier alpha value is -1.97. The molecule has 0 saturated heterocycles. The number of halogens is 3. The van der Waals surface area contributed by atoms with Gasteiger partial charge < -0.3 is 5.32 Å². The molecule has 0 aliphatic heterocycles. The number of nitrogens with one attached hydrogen (secondary N) is 1. The standard InChI is InChI=1S/C17H18F3N/c1-3-13-8-10-14(11-9-13)12(2)21-16-7-5-4-6-15(16)17(18,19)20/h4-12,21H,3H2,1-2H3. The SMILES string of the molecule is CCc1ccc(C(C)Nc2ccccc2C(F)(F)F)cc1. The number of hydrogen-bond donors (Lipinski definition) is 1. The van der Waals surface area contributed by atoms with Crippen LogP contribution in [-0.2, 0) is 12.6 Å². The highest BCUT2D eigenvalue weighted by atomic mass is 19.4. The topological polar surface area (TPSA) is 12.0 Å². The van der Waals surface area contributed by atoms with Crippen LogP contribution in [0.1, 0.15) is 36.6 Å². The lowest BCUT2D eigenvalue weighted by atomic mass is 10.0. The van der Waals surface area contributed by atoms with E-state index >= 15 is 0 Å². The molecule has 0 aliphatic carbocycles. The van der Waals surface area contributed by atoms with E-state index in [9.17, 15) is 13.2 Å². The molecule has 21 heavy (non-hydrogen) atoms. The summed E-state index contributed by atoms with van der Waals surface area (Å²) < 4.78 is 38.9. The number of aryl methyl sites for hydroxylation is 1. The number of benzene rings is 2. The van der Waals surface area contributed by atoms with Crippen molar-refractivity contribution in [3.63, 3.8) is 0 Å². The molecule has 0 heterocycles. The van der Waals surface area contributed by atoms with Gasteiger partial charge in [0.25, 0.3) is 0 Å². The largest absolute Gasteiger partial charge is 0.418 e. The minimum atomic E-state index is -4.35. The van der Waals surface area contributed by atoms with Crippen molar-refractivity contribution in [2.24, 2.45) is 0 Å². The van der Waals surface area contributed by atoms with Crippen molar-refractivity contribution < 1.29 is 13.2 Å². The highest BCUT2D eigenvalue weighted by molar-refractivity contribution is 5.54. The summed E-state index contributed by atoms with van der Waals surface area (Å²) in [5.74, 6) is 0. The minimum absolute atomic E-state index is 0.108. The molecule has 2 aromatic rings. The first-order chi connectivity index (χ1) is 9.91. The second-order valence-corrected chi connectivity index (χ2v) is 5.00. The maximum absolute atomic E-state index is 13.0. The molecule has 0 aliphatic rings. The summed E-state index contributed by atoms with van der Waals surface area (Å²) >= 11 is 0. The molecule has 0 saturated carbocycles. The molecule has 1 N–H and O–H groups in total. The first-order valence-corrected chi connectivity index (χ1v) is 6.93. The van der Waals surface area contributed by atoms with Crippen LogP contribution in [0, 0.1) is 0 Å². The van der Waals surface area contributed by atoms with Crippen LogP contribution in [0.3, 0.4) is 0 Å². The molecular formula is C17H18F3N. The van der Waals surface area contributed by atoms with Crippen molar-refractivity contribution in [3.8, 4) is 0 Å². The van der Waals surface area contributed by atoms with Crippen LogP contribution >= 0.6 is 0 Å². The Morgan fingerprint density at radius 3 is 2.19 bits per heavy atom. The monoisotopic (exact) mass is 293 g/mol. The first-order valence-electron chi connectivity index (χ1n) is 6.93. The maximum atomic E-state index is 13.0. The van der Waals surface area contributed by atoms with Gasteiger partial charge in [-0.15, -0.1) is 0 Å². The van der Waals surface area contributed by atoms with E-state index in [2.05, 4.69) is 12.2 Å². The fourth-order valence-electron chi connectivity index (χ4n) is 2.21. The first kappa shape index (κ1) is 15.4. The van der Waals surface area contributed by atoms with Crippen LogP contribution in [0.25, 0.3) is 0 Å². The van der Waals surface area contributed by atoms with E-state index in [1.807, 2.05) is 31.2 Å². The molecule has 2 aromatic carbocycles. The Morgan fingerprint density at radius 2 is 1.62 bits per heavy atom. The van der Waals surface area contributed by atoms with E-state index < -0.39 is 11.7 Å². The summed E-state index contributed by atoms with van der Waals surface area (Å²) in [6.45, 7) is 3.92. The average molecular weight is 293 g/mol. The third kappa shape index (κ3) is 3.78. The molecule has 0 radical (unpaired) electrons. The van der Waals surface area contributed by atoms with Crippen LogP contribution in [0.5, 0.6) is 0 Å². The van der Waals surface area contributed by atoms with E-state index in [-0.39, 0.29) is 11.7 Å². The molecule has 112 valence electrons. The van der Waals surface area contributed by atoms with Crippen LogP contribution < -0.4 is 5.32 Å². The van der Waals surface area contributed by atoms with E-state index in [0.29, 0.717) is 0 Å². The van der Waals surface area contributed by atoms with Crippen LogP contribution in [-0.4, -0.2) is 0 Å². The van der Waals surface area contributed by atoms with Gasteiger partial charge in [0.1, 0.15) is 0 Å². The smallest absolute Gasteiger partial charge is 0.378 e. The Bertz CT molecular complexity index is 588. The van der Waals surface area contributed by atoms with Gasteiger partial charge in [0.15, 0.2) is 0 Å². The van der Waals surface area contributed by atoms with Gasteiger partial charge in [-0.25, -0.2) is 0 Å². The normalized spacial score (nSPS) is 13.0. The van der Waals surface area contributed by atoms with Crippen molar-refractivity contribution in [2.45, 2.75) is 32.5 Å². The van der Waals surface area contributed by atoms with Gasteiger partial charge >= 0.3 is 6.18 Å². The molecule has 1 nitrogen and oxygen atoms in total. The quantitative estimate of drug-likeness (QED) is 0.791. The third-order valence-electron chi connectivity index (χ3n) is 3.49. The zero-order valence-electron chi connectivity index (χ0n) is 12.0. The number of para-hydroxylation sites is 1. The maximum Gasteiger partial charge on any atom is 0.418 e. The third-order valence-corrected chi connectivity index (χ3v) is 3.49. The van der Waals surface area contributed by atoms with Gasteiger partial charge in [-0.05, 0) is 36.6 Å². The number of rotatable bonds is 4. The van der Waals surface area contributed by atoms with Crippen molar-refractivity contribution in [2.75, 3.05) is 5.32 Å². The summed E-state index contributed by atoms with van der Waals surface area (Å²) in [4.78, 5) is 0. The number of hydrogen-bond acceptors (Lipinski definition) is 1. The lowest BCUT2D eigenvalue weighted by Crippen LogP contribution is -2.13. The van der Waals surface area contributed by atoms with Gasteiger partial charge in [-0.1, -0.05) is 43.3 Å². The summed E-state index contributed by atoms with van der Waals surface area (Å²) in [6.07, 6.45) is -3.41. The lowest BCUT2D eigenvalue weighted by Gasteiger charge is -2.20. The van der Waals surface area contributed by atoms with Crippen molar-refractivity contribution >= 4 is 5.69 Å². The highest BCUT2D eigenvalue weighted by Crippen LogP contribution is 2.35. The number of alkyl halides is 3. The van der Waals surface area contributed by atoms with E-state index in [4.69, 9.17) is 0 Å². The molecule has 0 spiro atoms. The molecule has 0 aromatic heterocycles. The summed E-state index contributed by atoms with van der Waals surface area (Å²) in [5.41, 5.74) is 1.64. The van der Waals surface area contributed by atoms with Crippen LogP contribution in [0.2, 0.25) is 0 Å². The molecule has 0 bridgehead atoms. The molecule has 1 atom stereocenters. The van der Waals surface area contributed by atoms with Crippen molar-refractivity contribution in [3.05, 3.63) is 65.2 Å². The average Bonchev–Trinajstić information content (AvgIpc) is 2.47. The highest BCUT2D eigenvalue weighted by Gasteiger charge is 2.33. The van der Waals surface area contributed by atoms with E-state index in [1.165, 1.54) is 17.7 Å². The molecular weight excluding hydrogens is 275 g/mol. The predicted octanol–water partition coefficient (Wildman–Crippen LogP) is 5.44. The molecule has 1 unspecified atom stereocenters. The van der Waals surface area contributed by atoms with Gasteiger partial charge in [0.2, 0.25) is 0 Å². The van der Waals surface area contributed by atoms with Crippen molar-refractivity contribution in [1.82, 2.24) is 0 Å². The zero-order valence-corrected chi connectivity index (χ0v) is 12.0. The summed E-state index contributed by atoms with van der Waals surface area (Å²) in [5, 5.41) is 2.95. The predicted molar refractivity (Wildman–Crippen MR) is 79.3 cm³/mol. The molecule has 2 rings (SSSR count). The Kier molecular flexibility index (Phi) is 4.56. The Morgan fingerprint density at radius 1 is 1.00 bits per heavy atom. The lowest BCUT2D eigenvalue weighted by molar-refractivity contribution is -0.137.